The van der Waals surface area contributed by atoms with E-state index in [0.717, 1.165) is 17.5 Å². The van der Waals surface area contributed by atoms with Crippen molar-refractivity contribution in [1.29, 1.82) is 0 Å². The van der Waals surface area contributed by atoms with E-state index in [4.69, 9.17) is 25.5 Å². The number of nitrogens with one attached hydrogen (secondary N) is 1. The second kappa shape index (κ2) is 14.8. The molecule has 2 aliphatic rings. The Balaban J connectivity index is 0.989. The number of hydrogen-bond acceptors (Lipinski definition) is 22. The average Bonchev–Trinajstić information content (AvgIpc) is 3.80. The second-order valence-electron chi connectivity index (χ2n) is 10.9. The molecule has 0 radical (unpaired) electrons. The van der Waals surface area contributed by atoms with E-state index in [1.165, 1.54) is 21.8 Å². The Morgan fingerprint density at radius 1 is 0.750 bits per heavy atom. The smallest absolute Gasteiger partial charge is 0.387 e. The number of fused-ring (bicyclic) bond motifs is 2. The summed E-state index contributed by atoms with van der Waals surface area (Å²) in [6, 6.07) is 0. The number of aliphatic hydroxyl groups excluding tert-OH is 4. The van der Waals surface area contributed by atoms with Gasteiger partial charge in [-0.2, -0.15) is 4.31 Å². The van der Waals surface area contributed by atoms with Crippen LogP contribution in [0.3, 0.4) is 0 Å². The molecule has 28 nitrogen and oxygen atoms in total. The molecule has 0 amide bonds. The maximum absolute atomic E-state index is 12.4. The van der Waals surface area contributed by atoms with Crippen LogP contribution in [0.4, 0.5) is 11.6 Å². The van der Waals surface area contributed by atoms with E-state index in [2.05, 4.69) is 43.0 Å². The normalized spacial score (nSPS) is 30.7. The van der Waals surface area contributed by atoms with E-state index in [-0.39, 0.29) is 34.0 Å². The zero-order chi connectivity index (χ0) is 37.7. The van der Waals surface area contributed by atoms with Crippen molar-refractivity contribution in [3.8, 4) is 0 Å². The monoisotopic (exact) mass is 819 g/mol. The molecule has 0 spiro atoms. The lowest BCUT2D eigenvalue weighted by Gasteiger charge is -2.22. The van der Waals surface area contributed by atoms with Gasteiger partial charge in [-0.25, -0.2) is 47.9 Å². The van der Waals surface area contributed by atoms with E-state index in [1.807, 2.05) is 0 Å². The van der Waals surface area contributed by atoms with Gasteiger partial charge in [0.2, 0.25) is 0 Å². The number of aliphatic hydroxyl groups is 4. The topological polar surface area (TPSA) is 420 Å². The number of ether oxygens (including phenoxy) is 2. The minimum atomic E-state index is -5.78. The van der Waals surface area contributed by atoms with Crippen LogP contribution in [0.2, 0.25) is 0 Å². The third kappa shape index (κ3) is 8.15. The average molecular weight is 819 g/mol. The Morgan fingerprint density at radius 3 is 1.73 bits per heavy atom. The van der Waals surface area contributed by atoms with E-state index in [0.29, 0.717) is 0 Å². The minimum Gasteiger partial charge on any atom is -0.387 e. The summed E-state index contributed by atoms with van der Waals surface area (Å²) in [5.74, 6) is 0.0422. The number of nitrogens with zero attached hydrogens (tertiary/aromatic N) is 8. The van der Waals surface area contributed by atoms with Crippen LogP contribution in [0, 0.1) is 0 Å². The number of nitrogens with two attached hydrogens (primary N) is 2. The summed E-state index contributed by atoms with van der Waals surface area (Å²) >= 11 is 0. The van der Waals surface area contributed by atoms with Crippen LogP contribution in [0.15, 0.2) is 25.3 Å². The summed E-state index contributed by atoms with van der Waals surface area (Å²) in [5.41, 5.74) is 12.1. The molecule has 6 rings (SSSR count). The Morgan fingerprint density at radius 2 is 1.23 bits per heavy atom. The van der Waals surface area contributed by atoms with Crippen molar-refractivity contribution in [1.82, 2.24) is 43.9 Å². The van der Waals surface area contributed by atoms with Gasteiger partial charge in [0.25, 0.3) is 0 Å². The zero-order valence-electron chi connectivity index (χ0n) is 25.6. The minimum absolute atomic E-state index is 0.00911. The number of imidazole rings is 2. The van der Waals surface area contributed by atoms with Crippen molar-refractivity contribution in [3.63, 3.8) is 0 Å². The van der Waals surface area contributed by atoms with Gasteiger partial charge < -0.3 is 65.5 Å². The summed E-state index contributed by atoms with van der Waals surface area (Å²) in [7, 11) is -20.4. The number of phosphoric ester groups is 1. The lowest BCUT2D eigenvalue weighted by molar-refractivity contribution is -0.0502. The zero-order valence-corrected chi connectivity index (χ0v) is 29.2. The lowest BCUT2D eigenvalue weighted by Crippen LogP contribution is -2.33. The molecule has 7 unspecified atom stereocenters. The number of aromatic nitrogens is 8. The van der Waals surface area contributed by atoms with Crippen LogP contribution < -0.4 is 16.3 Å². The molecule has 12 atom stereocenters. The van der Waals surface area contributed by atoms with Crippen LogP contribution in [0.25, 0.3) is 22.3 Å². The van der Waals surface area contributed by atoms with Crippen LogP contribution in [0.1, 0.15) is 12.5 Å². The second-order valence-corrected chi connectivity index (χ2v) is 17.0. The molecule has 52 heavy (non-hydrogen) atoms. The molecular weight excluding hydrogens is 790 g/mol. The molecule has 2 aliphatic heterocycles. The molecule has 13 N–H and O–H groups in total. The van der Waals surface area contributed by atoms with Gasteiger partial charge in [0.05, 0.1) is 25.9 Å². The lowest BCUT2D eigenvalue weighted by atomic mass is 10.1. The summed E-state index contributed by atoms with van der Waals surface area (Å²) < 4.78 is 68.8. The molecule has 6 heterocycles. The molecule has 0 saturated carbocycles. The molecule has 32 heteroatoms. The molecule has 286 valence electrons. The highest BCUT2D eigenvalue weighted by Crippen LogP contribution is 2.64. The van der Waals surface area contributed by atoms with Crippen molar-refractivity contribution in [2.75, 3.05) is 24.7 Å². The van der Waals surface area contributed by atoms with Gasteiger partial charge in [0.1, 0.15) is 60.3 Å². The fourth-order valence-electron chi connectivity index (χ4n) is 5.09. The van der Waals surface area contributed by atoms with Gasteiger partial charge in [-0.1, -0.05) is 0 Å². The van der Waals surface area contributed by atoms with Crippen LogP contribution in [-0.2, 0) is 40.8 Å². The van der Waals surface area contributed by atoms with Crippen molar-refractivity contribution < 1.29 is 80.8 Å². The molecule has 0 bridgehead atoms. The number of hydrogen-bond donors (Lipinski definition) is 11. The first-order valence-electron chi connectivity index (χ1n) is 14.2. The first-order valence-corrected chi connectivity index (χ1v) is 20.0. The van der Waals surface area contributed by atoms with Crippen LogP contribution in [0.5, 0.6) is 0 Å². The maximum Gasteiger partial charge on any atom is 0.480 e. The predicted molar refractivity (Wildman–Crippen MR) is 167 cm³/mol. The Bertz CT molecular complexity index is 2080. The molecule has 4 aromatic rings. The summed E-state index contributed by atoms with van der Waals surface area (Å²) in [6.45, 7) is -1.80. The van der Waals surface area contributed by atoms with E-state index < -0.39 is 94.2 Å². The summed E-state index contributed by atoms with van der Waals surface area (Å²) in [5, 5.41) is 41.9. The number of nitrogen functional groups attached to an aromatic ring is 2. The Labute approximate surface area is 289 Å². The van der Waals surface area contributed by atoms with Crippen molar-refractivity contribution >= 4 is 65.9 Å². The van der Waals surface area contributed by atoms with E-state index in [1.54, 1.807) is 0 Å². The van der Waals surface area contributed by atoms with E-state index >= 15 is 0 Å². The van der Waals surface area contributed by atoms with Crippen molar-refractivity contribution in [2.45, 2.75) is 49.1 Å². The molecule has 0 aliphatic carbocycles. The van der Waals surface area contributed by atoms with Gasteiger partial charge in [-0.3, -0.25) is 13.7 Å². The fraction of sp³-hybridized carbons (Fsp3) is 0.500. The van der Waals surface area contributed by atoms with Crippen LogP contribution >= 0.6 is 31.9 Å². The molecule has 2 fully saturated rings. The molecular formula is C20H29N11O17P4. The first kappa shape index (κ1) is 38.9. The Kier molecular flexibility index (Phi) is 11.1. The highest BCUT2D eigenvalue weighted by Gasteiger charge is 2.48. The van der Waals surface area contributed by atoms with Crippen LogP contribution in [-0.4, -0.2) is 129 Å². The summed E-state index contributed by atoms with van der Waals surface area (Å²) in [4.78, 5) is 64.6. The molecule has 2 saturated heterocycles. The number of rotatable bonds is 14. The third-order valence-corrected chi connectivity index (χ3v) is 13.4. The van der Waals surface area contributed by atoms with Gasteiger partial charge in [0.15, 0.2) is 35.4 Å². The number of phosphoric acid groups is 1. The van der Waals surface area contributed by atoms with Crippen molar-refractivity contribution in [3.05, 3.63) is 25.3 Å². The predicted octanol–water partition coefficient (Wildman–Crippen LogP) is -2.75. The van der Waals surface area contributed by atoms with Gasteiger partial charge >= 0.3 is 31.9 Å². The fourth-order valence-corrected chi connectivity index (χ4v) is 10.2. The van der Waals surface area contributed by atoms with Crippen molar-refractivity contribution in [2.24, 2.45) is 0 Å². The summed E-state index contributed by atoms with van der Waals surface area (Å²) in [6.07, 6.45) is -7.58. The quantitative estimate of drug-likeness (QED) is 0.0574. The third-order valence-electron chi connectivity index (χ3n) is 7.40. The standard InChI is InChI=1S/C20H29N11O17P4/c21-15-9-17(25-3-23-15)30(5-27-9)19-13(34)11(32)7(45-19)1-43-49(36)47-50(37,38)29-51(39,40)48-52(41,42)44-2-8-12(33)14(35)20(46-8)31-6-28-10-16(22)24-4-26-18(10)31/h3-8,11-14,19-20,32-36H,1-2H2,(H,41,42)(H2,21,23,25)(H2,22,24,26)(H3,29,37,38,39,40)/t7-,8-,11?,12?,13+,14?,19-,20-,49?/m1/s1. The highest BCUT2D eigenvalue weighted by atomic mass is 31.3. The SMILES string of the molecule is Nc1ncnc2c1ncn2[C@@H]1O[C@H](COP(=O)(O)OP(=O)(O)NP(=O)(O)OP(O)OC[C@H]2O[C@@H](n3cnc4c(N)ncnc43)[C@@H](O)C2O)C(O)C1O. The Hall–Kier alpha value is -2.78. The van der Waals surface area contributed by atoms with Gasteiger partial charge in [0, 0.05) is 0 Å². The molecule has 0 aromatic carbocycles. The maximum atomic E-state index is 12.4. The van der Waals surface area contributed by atoms with Gasteiger partial charge in [-0.05, 0) is 0 Å². The largest absolute Gasteiger partial charge is 0.480 e. The molecule has 4 aromatic heterocycles. The first-order chi connectivity index (χ1) is 24.4. The highest BCUT2D eigenvalue weighted by molar-refractivity contribution is 7.73. The van der Waals surface area contributed by atoms with E-state index in [9.17, 15) is 53.7 Å². The van der Waals surface area contributed by atoms with Gasteiger partial charge in [-0.15, -0.1) is 4.86 Å². The number of anilines is 2.